The SMILES string of the molecule is CC(N)CCC(=O)Nc1cccc(CN2CCC(CO)CC2)c1.Cl.Cl. The van der Waals surface area contributed by atoms with Crippen molar-refractivity contribution < 1.29 is 9.90 Å². The number of hydrogen-bond acceptors (Lipinski definition) is 4. The van der Waals surface area contributed by atoms with E-state index in [4.69, 9.17) is 5.73 Å². The van der Waals surface area contributed by atoms with Gasteiger partial charge in [-0.1, -0.05) is 12.1 Å². The van der Waals surface area contributed by atoms with Crippen LogP contribution in [-0.2, 0) is 11.3 Å². The molecule has 0 aliphatic carbocycles. The van der Waals surface area contributed by atoms with Crippen molar-refractivity contribution in [3.63, 3.8) is 0 Å². The molecule has 1 aromatic rings. The average molecular weight is 392 g/mol. The van der Waals surface area contributed by atoms with E-state index in [9.17, 15) is 9.90 Å². The third-order valence-corrected chi connectivity index (χ3v) is 4.41. The first-order valence-electron chi connectivity index (χ1n) is 8.54. The van der Waals surface area contributed by atoms with Crippen molar-refractivity contribution in [3.05, 3.63) is 29.8 Å². The van der Waals surface area contributed by atoms with Gasteiger partial charge in [0.15, 0.2) is 0 Å². The van der Waals surface area contributed by atoms with Crippen molar-refractivity contribution in [1.29, 1.82) is 0 Å². The number of nitrogens with zero attached hydrogens (tertiary/aromatic N) is 1. The summed E-state index contributed by atoms with van der Waals surface area (Å²) in [5.41, 5.74) is 7.74. The summed E-state index contributed by atoms with van der Waals surface area (Å²) in [6, 6.07) is 8.09. The topological polar surface area (TPSA) is 78.6 Å². The highest BCUT2D eigenvalue weighted by atomic mass is 35.5. The van der Waals surface area contributed by atoms with E-state index in [0.717, 1.165) is 38.2 Å². The first-order chi connectivity index (χ1) is 11.1. The number of rotatable bonds is 7. The number of aliphatic hydroxyl groups is 1. The number of likely N-dealkylation sites (tertiary alicyclic amines) is 1. The number of nitrogens with one attached hydrogen (secondary N) is 1. The molecule has 25 heavy (non-hydrogen) atoms. The quantitative estimate of drug-likeness (QED) is 0.667. The molecular formula is C18H31Cl2N3O2. The largest absolute Gasteiger partial charge is 0.396 e. The second kappa shape index (κ2) is 12.5. The molecule has 1 atom stereocenters. The highest BCUT2D eigenvalue weighted by molar-refractivity contribution is 5.90. The van der Waals surface area contributed by atoms with Crippen LogP contribution >= 0.6 is 24.8 Å². The lowest BCUT2D eigenvalue weighted by Crippen LogP contribution is -2.34. The summed E-state index contributed by atoms with van der Waals surface area (Å²) in [7, 11) is 0. The highest BCUT2D eigenvalue weighted by Gasteiger charge is 2.18. The van der Waals surface area contributed by atoms with E-state index in [0.29, 0.717) is 25.4 Å². The number of carbonyl (C=O) groups is 1. The average Bonchev–Trinajstić information content (AvgIpc) is 2.54. The van der Waals surface area contributed by atoms with Crippen LogP contribution in [0.3, 0.4) is 0 Å². The summed E-state index contributed by atoms with van der Waals surface area (Å²) < 4.78 is 0. The maximum absolute atomic E-state index is 11.9. The van der Waals surface area contributed by atoms with Crippen LogP contribution in [0.2, 0.25) is 0 Å². The summed E-state index contributed by atoms with van der Waals surface area (Å²) in [5, 5.41) is 12.1. The number of amides is 1. The molecule has 1 unspecified atom stereocenters. The molecular weight excluding hydrogens is 361 g/mol. The Hall–Kier alpha value is -0.850. The van der Waals surface area contributed by atoms with Crippen LogP contribution < -0.4 is 11.1 Å². The van der Waals surface area contributed by atoms with Crippen molar-refractivity contribution in [2.24, 2.45) is 11.7 Å². The monoisotopic (exact) mass is 391 g/mol. The molecule has 4 N–H and O–H groups in total. The fourth-order valence-corrected chi connectivity index (χ4v) is 2.92. The smallest absolute Gasteiger partial charge is 0.224 e. The van der Waals surface area contributed by atoms with E-state index in [2.05, 4.69) is 16.3 Å². The Morgan fingerprint density at radius 2 is 2.04 bits per heavy atom. The molecule has 0 bridgehead atoms. The van der Waals surface area contributed by atoms with Crippen LogP contribution in [0.15, 0.2) is 24.3 Å². The molecule has 1 saturated heterocycles. The van der Waals surface area contributed by atoms with Gasteiger partial charge in [0, 0.05) is 31.3 Å². The lowest BCUT2D eigenvalue weighted by molar-refractivity contribution is -0.116. The number of carbonyl (C=O) groups excluding carboxylic acids is 1. The van der Waals surface area contributed by atoms with Crippen LogP contribution in [0.4, 0.5) is 5.69 Å². The zero-order valence-electron chi connectivity index (χ0n) is 14.8. The van der Waals surface area contributed by atoms with E-state index in [-0.39, 0.29) is 36.8 Å². The van der Waals surface area contributed by atoms with E-state index >= 15 is 0 Å². The van der Waals surface area contributed by atoms with Crippen LogP contribution in [0.1, 0.15) is 38.2 Å². The molecule has 0 spiro atoms. The first kappa shape index (κ1) is 24.1. The Morgan fingerprint density at radius 1 is 1.36 bits per heavy atom. The molecule has 1 amide bonds. The number of nitrogens with two attached hydrogens (primary N) is 1. The number of halogens is 2. The number of benzene rings is 1. The van der Waals surface area contributed by atoms with E-state index in [1.54, 1.807) is 0 Å². The van der Waals surface area contributed by atoms with Gasteiger partial charge in [0.25, 0.3) is 0 Å². The Labute approximate surface area is 163 Å². The molecule has 1 heterocycles. The molecule has 0 radical (unpaired) electrons. The van der Waals surface area contributed by atoms with Gasteiger partial charge >= 0.3 is 0 Å². The van der Waals surface area contributed by atoms with Crippen molar-refractivity contribution in [3.8, 4) is 0 Å². The lowest BCUT2D eigenvalue weighted by Gasteiger charge is -2.31. The standard InChI is InChI=1S/C18H29N3O2.2ClH/c1-14(19)5-6-18(23)20-17-4-2-3-16(11-17)12-21-9-7-15(13-22)8-10-21;;/h2-4,11,14-15,22H,5-10,12-13,19H2,1H3,(H,20,23);2*1H. The molecule has 5 nitrogen and oxygen atoms in total. The minimum absolute atomic E-state index is 0. The van der Waals surface area contributed by atoms with Gasteiger partial charge in [-0.15, -0.1) is 24.8 Å². The van der Waals surface area contributed by atoms with Crippen LogP contribution in [0.5, 0.6) is 0 Å². The molecule has 1 aliphatic rings. The molecule has 0 aromatic heterocycles. The van der Waals surface area contributed by atoms with E-state index < -0.39 is 0 Å². The minimum atomic E-state index is 0. The van der Waals surface area contributed by atoms with Crippen molar-refractivity contribution in [2.45, 2.75) is 45.2 Å². The molecule has 1 aromatic carbocycles. The van der Waals surface area contributed by atoms with Crippen molar-refractivity contribution in [1.82, 2.24) is 4.90 Å². The fraction of sp³-hybridized carbons (Fsp3) is 0.611. The summed E-state index contributed by atoms with van der Waals surface area (Å²) in [5.74, 6) is 0.477. The second-order valence-electron chi connectivity index (χ2n) is 6.67. The molecule has 2 rings (SSSR count). The predicted molar refractivity (Wildman–Crippen MR) is 108 cm³/mol. The van der Waals surface area contributed by atoms with Gasteiger partial charge in [0.1, 0.15) is 0 Å². The Balaban J connectivity index is 0.00000288. The number of hydrogen-bond donors (Lipinski definition) is 3. The van der Waals surface area contributed by atoms with Crippen LogP contribution in [-0.4, -0.2) is 41.7 Å². The van der Waals surface area contributed by atoms with Gasteiger partial charge in [-0.05, 0) is 62.9 Å². The minimum Gasteiger partial charge on any atom is -0.396 e. The van der Waals surface area contributed by atoms with Gasteiger partial charge in [-0.2, -0.15) is 0 Å². The summed E-state index contributed by atoms with van der Waals surface area (Å²) in [6.45, 7) is 5.15. The Bertz CT molecular complexity index is 507. The number of aliphatic hydroxyl groups excluding tert-OH is 1. The van der Waals surface area contributed by atoms with E-state index in [1.165, 1.54) is 5.56 Å². The Kier molecular flexibility index (Phi) is 12.1. The third kappa shape index (κ3) is 8.88. The number of anilines is 1. The summed E-state index contributed by atoms with van der Waals surface area (Å²) >= 11 is 0. The summed E-state index contributed by atoms with van der Waals surface area (Å²) in [4.78, 5) is 14.3. The van der Waals surface area contributed by atoms with Gasteiger partial charge in [0.2, 0.25) is 5.91 Å². The fourth-order valence-electron chi connectivity index (χ4n) is 2.92. The predicted octanol–water partition coefficient (Wildman–Crippen LogP) is 2.80. The van der Waals surface area contributed by atoms with Gasteiger partial charge < -0.3 is 16.2 Å². The lowest BCUT2D eigenvalue weighted by atomic mass is 9.97. The highest BCUT2D eigenvalue weighted by Crippen LogP contribution is 2.19. The number of piperidine rings is 1. The van der Waals surface area contributed by atoms with Gasteiger partial charge in [0.05, 0.1) is 0 Å². The maximum Gasteiger partial charge on any atom is 0.224 e. The molecule has 1 fully saturated rings. The third-order valence-electron chi connectivity index (χ3n) is 4.41. The molecule has 0 saturated carbocycles. The second-order valence-corrected chi connectivity index (χ2v) is 6.67. The van der Waals surface area contributed by atoms with Crippen LogP contribution in [0, 0.1) is 5.92 Å². The zero-order valence-corrected chi connectivity index (χ0v) is 16.5. The van der Waals surface area contributed by atoms with Crippen molar-refractivity contribution >= 4 is 36.4 Å². The van der Waals surface area contributed by atoms with Gasteiger partial charge in [-0.3, -0.25) is 9.69 Å². The first-order valence-corrected chi connectivity index (χ1v) is 8.54. The summed E-state index contributed by atoms with van der Waals surface area (Å²) in [6.07, 6.45) is 3.27. The zero-order chi connectivity index (χ0) is 16.7. The maximum atomic E-state index is 11.9. The van der Waals surface area contributed by atoms with E-state index in [1.807, 2.05) is 25.1 Å². The normalized spacial score (nSPS) is 16.4. The Morgan fingerprint density at radius 3 is 2.64 bits per heavy atom. The van der Waals surface area contributed by atoms with Gasteiger partial charge in [-0.25, -0.2) is 0 Å². The molecule has 144 valence electrons. The van der Waals surface area contributed by atoms with Crippen LogP contribution in [0.25, 0.3) is 0 Å². The molecule has 7 heteroatoms. The molecule has 1 aliphatic heterocycles. The van der Waals surface area contributed by atoms with Crippen molar-refractivity contribution in [2.75, 3.05) is 25.0 Å².